The molecule has 4 heteroatoms. The summed E-state index contributed by atoms with van der Waals surface area (Å²) in [4.78, 5) is 10.5. The molecule has 1 aromatic carbocycles. The first-order chi connectivity index (χ1) is 8.04. The quantitative estimate of drug-likeness (QED) is 0.538. The van der Waals surface area contributed by atoms with Gasteiger partial charge in [-0.15, -0.1) is 0 Å². The Balaban J connectivity index is 2.91. The average Bonchev–Trinajstić information content (AvgIpc) is 2.28. The Morgan fingerprint density at radius 3 is 2.29 bits per heavy atom. The summed E-state index contributed by atoms with van der Waals surface area (Å²) in [7, 11) is 0. The Morgan fingerprint density at radius 2 is 1.82 bits per heavy atom. The van der Waals surface area contributed by atoms with Crippen LogP contribution in [0.15, 0.2) is 35.7 Å². The van der Waals surface area contributed by atoms with Gasteiger partial charge in [0, 0.05) is 11.4 Å². The van der Waals surface area contributed by atoms with Crippen molar-refractivity contribution in [2.45, 2.75) is 20.8 Å². The zero-order valence-corrected chi connectivity index (χ0v) is 10.3. The maximum Gasteiger partial charge on any atom is 0.211 e. The molecule has 1 rings (SSSR count). The highest BCUT2D eigenvalue weighted by Gasteiger charge is 2.04. The van der Waals surface area contributed by atoms with Crippen molar-refractivity contribution in [3.8, 4) is 0 Å². The van der Waals surface area contributed by atoms with Gasteiger partial charge < -0.3 is 16.0 Å². The van der Waals surface area contributed by atoms with Crippen LogP contribution in [0, 0.1) is 12.3 Å². The van der Waals surface area contributed by atoms with E-state index >= 15 is 0 Å². The van der Waals surface area contributed by atoms with E-state index in [1.165, 1.54) is 5.56 Å². The van der Waals surface area contributed by atoms with Crippen LogP contribution < -0.4 is 10.6 Å². The first-order valence-corrected chi connectivity index (χ1v) is 5.35. The molecule has 0 unspecified atom stereocenters. The number of rotatable bonds is 5. The van der Waals surface area contributed by atoms with Crippen LogP contribution in [0.2, 0.25) is 0 Å². The summed E-state index contributed by atoms with van der Waals surface area (Å²) in [5, 5.41) is 13.2. The Bertz CT molecular complexity index is 446. The highest BCUT2D eigenvalue weighted by molar-refractivity contribution is 5.97. The van der Waals surface area contributed by atoms with Crippen LogP contribution in [0.3, 0.4) is 0 Å². The molecule has 0 radical (unpaired) electrons. The van der Waals surface area contributed by atoms with Crippen LogP contribution in [0.25, 0.3) is 0 Å². The number of anilines is 1. The van der Waals surface area contributed by atoms with Crippen molar-refractivity contribution < 1.29 is 4.79 Å². The van der Waals surface area contributed by atoms with Gasteiger partial charge in [-0.1, -0.05) is 17.7 Å². The van der Waals surface area contributed by atoms with Gasteiger partial charge in [0.15, 0.2) is 0 Å². The van der Waals surface area contributed by atoms with E-state index < -0.39 is 0 Å². The van der Waals surface area contributed by atoms with Gasteiger partial charge in [0.05, 0.1) is 11.4 Å². The van der Waals surface area contributed by atoms with E-state index in [0.29, 0.717) is 17.8 Å². The molecule has 4 nitrogen and oxygen atoms in total. The standard InChI is InChI=1S/C13H17N3O/c1-9-4-6-12(7-5-9)16-11(3)13(10(2)14)15-8-17/h4-8,14,16H,1-3H3,(H,15,17)/b13-11+,14-10?. The van der Waals surface area contributed by atoms with Crippen molar-refractivity contribution in [1.82, 2.24) is 5.32 Å². The fourth-order valence-corrected chi connectivity index (χ4v) is 1.47. The molecule has 0 aromatic heterocycles. The van der Waals surface area contributed by atoms with Gasteiger partial charge in [0.25, 0.3) is 0 Å². The van der Waals surface area contributed by atoms with E-state index in [4.69, 9.17) is 5.41 Å². The van der Waals surface area contributed by atoms with Crippen molar-refractivity contribution in [1.29, 1.82) is 5.41 Å². The number of hydrogen-bond acceptors (Lipinski definition) is 3. The minimum atomic E-state index is 0.314. The molecule has 1 amide bonds. The van der Waals surface area contributed by atoms with Crippen LogP contribution in [0.1, 0.15) is 19.4 Å². The van der Waals surface area contributed by atoms with E-state index in [1.54, 1.807) is 6.92 Å². The second kappa shape index (κ2) is 5.84. The predicted molar refractivity (Wildman–Crippen MR) is 70.1 cm³/mol. The molecule has 0 spiro atoms. The molecule has 3 N–H and O–H groups in total. The van der Waals surface area contributed by atoms with Crippen molar-refractivity contribution in [2.75, 3.05) is 5.32 Å². The normalized spacial score (nSPS) is 11.5. The molecule has 0 aliphatic heterocycles. The monoisotopic (exact) mass is 231 g/mol. The van der Waals surface area contributed by atoms with Gasteiger partial charge in [-0.05, 0) is 32.9 Å². The molecule has 0 saturated carbocycles. The number of amides is 1. The zero-order valence-electron chi connectivity index (χ0n) is 10.3. The largest absolute Gasteiger partial charge is 0.357 e. The highest BCUT2D eigenvalue weighted by Crippen LogP contribution is 2.12. The molecule has 1 aromatic rings. The maximum absolute atomic E-state index is 10.5. The fourth-order valence-electron chi connectivity index (χ4n) is 1.47. The lowest BCUT2D eigenvalue weighted by Crippen LogP contribution is -2.20. The Labute approximate surface area is 101 Å². The van der Waals surface area contributed by atoms with Crippen LogP contribution in [-0.4, -0.2) is 12.1 Å². The summed E-state index contributed by atoms with van der Waals surface area (Å²) in [6.07, 6.45) is 0.577. The summed E-state index contributed by atoms with van der Waals surface area (Å²) < 4.78 is 0. The molecule has 0 heterocycles. The zero-order chi connectivity index (χ0) is 12.8. The molecule has 0 atom stereocenters. The van der Waals surface area contributed by atoms with Gasteiger partial charge >= 0.3 is 0 Å². The molecule has 0 aliphatic rings. The topological polar surface area (TPSA) is 65.0 Å². The number of allylic oxidation sites excluding steroid dienone is 2. The average molecular weight is 231 g/mol. The molecule has 0 saturated heterocycles. The third-order valence-corrected chi connectivity index (χ3v) is 2.34. The van der Waals surface area contributed by atoms with Gasteiger partial charge in [-0.2, -0.15) is 0 Å². The minimum Gasteiger partial charge on any atom is -0.357 e. The molecular formula is C13H17N3O. The van der Waals surface area contributed by atoms with Crippen LogP contribution in [0.5, 0.6) is 0 Å². The summed E-state index contributed by atoms with van der Waals surface area (Å²) in [5.41, 5.74) is 3.68. The van der Waals surface area contributed by atoms with Crippen LogP contribution in [-0.2, 0) is 4.79 Å². The van der Waals surface area contributed by atoms with E-state index in [2.05, 4.69) is 10.6 Å². The van der Waals surface area contributed by atoms with Crippen molar-refractivity contribution in [3.63, 3.8) is 0 Å². The number of carbonyl (C=O) groups is 1. The summed E-state index contributed by atoms with van der Waals surface area (Å²) >= 11 is 0. The van der Waals surface area contributed by atoms with Crippen molar-refractivity contribution in [3.05, 3.63) is 41.2 Å². The first kappa shape index (κ1) is 13.0. The second-order valence-electron chi connectivity index (χ2n) is 3.88. The van der Waals surface area contributed by atoms with Gasteiger partial charge in [0.1, 0.15) is 0 Å². The number of carbonyl (C=O) groups excluding carboxylic acids is 1. The fraction of sp³-hybridized carbons (Fsp3) is 0.231. The highest BCUT2D eigenvalue weighted by atomic mass is 16.1. The Hall–Kier alpha value is -2.10. The van der Waals surface area contributed by atoms with E-state index in [0.717, 1.165) is 11.4 Å². The summed E-state index contributed by atoms with van der Waals surface area (Å²) in [5.74, 6) is 0. The molecular weight excluding hydrogens is 214 g/mol. The molecule has 0 bridgehead atoms. The molecule has 17 heavy (non-hydrogen) atoms. The smallest absolute Gasteiger partial charge is 0.211 e. The summed E-state index contributed by atoms with van der Waals surface area (Å²) in [6.45, 7) is 5.48. The lowest BCUT2D eigenvalue weighted by molar-refractivity contribution is -0.108. The summed E-state index contributed by atoms with van der Waals surface area (Å²) in [6, 6.07) is 7.91. The van der Waals surface area contributed by atoms with Gasteiger partial charge in [-0.3, -0.25) is 4.79 Å². The lowest BCUT2D eigenvalue weighted by atomic mass is 10.2. The Morgan fingerprint density at radius 1 is 1.24 bits per heavy atom. The first-order valence-electron chi connectivity index (χ1n) is 5.35. The third kappa shape index (κ3) is 3.75. The molecule has 0 fully saturated rings. The van der Waals surface area contributed by atoms with Crippen LogP contribution in [0.4, 0.5) is 5.69 Å². The van der Waals surface area contributed by atoms with E-state index in [1.807, 2.05) is 38.1 Å². The lowest BCUT2D eigenvalue weighted by Gasteiger charge is -2.12. The number of aryl methyl sites for hydroxylation is 1. The SMILES string of the molecule is CC(=N)/C(NC=O)=C(/C)Nc1ccc(C)cc1. The number of hydrogen-bond donors (Lipinski definition) is 3. The maximum atomic E-state index is 10.5. The van der Waals surface area contributed by atoms with E-state index in [9.17, 15) is 4.79 Å². The predicted octanol–water partition coefficient (Wildman–Crippen LogP) is 2.42. The van der Waals surface area contributed by atoms with Crippen molar-refractivity contribution >= 4 is 17.8 Å². The van der Waals surface area contributed by atoms with E-state index in [-0.39, 0.29) is 0 Å². The van der Waals surface area contributed by atoms with Gasteiger partial charge in [0.2, 0.25) is 6.41 Å². The van der Waals surface area contributed by atoms with Gasteiger partial charge in [-0.25, -0.2) is 0 Å². The van der Waals surface area contributed by atoms with Crippen LogP contribution >= 0.6 is 0 Å². The second-order valence-corrected chi connectivity index (χ2v) is 3.88. The minimum absolute atomic E-state index is 0.314. The third-order valence-electron chi connectivity index (χ3n) is 2.34. The molecule has 90 valence electrons. The Kier molecular flexibility index (Phi) is 4.46. The van der Waals surface area contributed by atoms with Crippen molar-refractivity contribution in [2.24, 2.45) is 0 Å². The number of benzene rings is 1. The molecule has 0 aliphatic carbocycles. The number of nitrogens with one attached hydrogen (secondary N) is 3.